The highest BCUT2D eigenvalue weighted by Gasteiger charge is 2.55. The smallest absolute Gasteiger partial charge is 0.316 e. The SMILES string of the molecule is CCOC(=O)C1(C)CC(C)(C)C(=O)/C1=C/N(C)C.CCOC=O. The third-order valence-electron chi connectivity index (χ3n) is 3.60. The van der Waals surface area contributed by atoms with Crippen molar-refractivity contribution in [3.8, 4) is 0 Å². The molecular formula is C17H29NO5. The molecule has 0 bridgehead atoms. The van der Waals surface area contributed by atoms with Crippen molar-refractivity contribution in [2.75, 3.05) is 27.3 Å². The molecule has 0 aromatic rings. The van der Waals surface area contributed by atoms with Gasteiger partial charge in [-0.05, 0) is 27.2 Å². The third-order valence-corrected chi connectivity index (χ3v) is 3.60. The Kier molecular flexibility index (Phi) is 8.00. The van der Waals surface area contributed by atoms with Crippen LogP contribution in [0.15, 0.2) is 11.8 Å². The van der Waals surface area contributed by atoms with Crippen molar-refractivity contribution in [1.82, 2.24) is 4.90 Å². The average Bonchev–Trinajstić information content (AvgIpc) is 2.61. The first kappa shape index (κ1) is 21.1. The number of hydrogen-bond acceptors (Lipinski definition) is 6. The monoisotopic (exact) mass is 327 g/mol. The van der Waals surface area contributed by atoms with Crippen molar-refractivity contribution in [3.63, 3.8) is 0 Å². The highest BCUT2D eigenvalue weighted by Crippen LogP contribution is 2.50. The second kappa shape index (κ2) is 8.70. The van der Waals surface area contributed by atoms with Crippen LogP contribution in [0.25, 0.3) is 0 Å². The summed E-state index contributed by atoms with van der Waals surface area (Å²) in [6, 6.07) is 0. The van der Waals surface area contributed by atoms with Crippen molar-refractivity contribution >= 4 is 18.2 Å². The summed E-state index contributed by atoms with van der Waals surface area (Å²) in [6.07, 6.45) is 2.24. The van der Waals surface area contributed by atoms with E-state index in [-0.39, 0.29) is 11.8 Å². The number of carbonyl (C=O) groups excluding carboxylic acids is 3. The third kappa shape index (κ3) is 5.37. The van der Waals surface area contributed by atoms with E-state index in [1.165, 1.54) is 0 Å². The summed E-state index contributed by atoms with van der Waals surface area (Å²) in [4.78, 5) is 35.5. The van der Waals surface area contributed by atoms with E-state index in [9.17, 15) is 14.4 Å². The van der Waals surface area contributed by atoms with Crippen LogP contribution in [0.1, 0.15) is 41.0 Å². The molecule has 0 amide bonds. The lowest BCUT2D eigenvalue weighted by Gasteiger charge is -2.24. The van der Waals surface area contributed by atoms with Crippen LogP contribution in [0.4, 0.5) is 0 Å². The molecule has 1 saturated carbocycles. The fourth-order valence-electron chi connectivity index (χ4n) is 2.67. The number of hydrogen-bond donors (Lipinski definition) is 0. The minimum absolute atomic E-state index is 0.0340. The number of ketones is 1. The second-order valence-electron chi connectivity index (χ2n) is 6.50. The van der Waals surface area contributed by atoms with E-state index < -0.39 is 10.8 Å². The Morgan fingerprint density at radius 1 is 1.22 bits per heavy atom. The van der Waals surface area contributed by atoms with Crippen molar-refractivity contribution < 1.29 is 23.9 Å². The van der Waals surface area contributed by atoms with E-state index >= 15 is 0 Å². The second-order valence-corrected chi connectivity index (χ2v) is 6.50. The van der Waals surface area contributed by atoms with Crippen LogP contribution in [0.5, 0.6) is 0 Å². The van der Waals surface area contributed by atoms with Gasteiger partial charge in [0.15, 0.2) is 5.78 Å². The first-order valence-electron chi connectivity index (χ1n) is 7.72. The minimum Gasteiger partial charge on any atom is -0.468 e. The Hall–Kier alpha value is -1.85. The van der Waals surface area contributed by atoms with Gasteiger partial charge in [0, 0.05) is 31.3 Å². The molecule has 0 aliphatic heterocycles. The maximum atomic E-state index is 12.4. The van der Waals surface area contributed by atoms with Gasteiger partial charge in [-0.1, -0.05) is 13.8 Å². The van der Waals surface area contributed by atoms with Gasteiger partial charge in [-0.2, -0.15) is 0 Å². The Balaban J connectivity index is 0.000000841. The maximum absolute atomic E-state index is 12.4. The van der Waals surface area contributed by atoms with Gasteiger partial charge in [0.25, 0.3) is 6.47 Å². The molecule has 1 atom stereocenters. The lowest BCUT2D eigenvalue weighted by atomic mass is 9.82. The first-order chi connectivity index (χ1) is 10.6. The molecule has 1 aliphatic carbocycles. The summed E-state index contributed by atoms with van der Waals surface area (Å²) < 4.78 is 9.28. The Labute approximate surface area is 138 Å². The molecule has 1 unspecified atom stereocenters. The van der Waals surface area contributed by atoms with Gasteiger partial charge in [0.1, 0.15) is 0 Å². The maximum Gasteiger partial charge on any atom is 0.316 e. The van der Waals surface area contributed by atoms with Crippen molar-refractivity contribution in [3.05, 3.63) is 11.8 Å². The molecule has 0 aromatic heterocycles. The van der Waals surface area contributed by atoms with Crippen LogP contribution in [-0.2, 0) is 23.9 Å². The normalized spacial score (nSPS) is 23.8. The van der Waals surface area contributed by atoms with Crippen molar-refractivity contribution in [2.24, 2.45) is 10.8 Å². The van der Waals surface area contributed by atoms with Crippen LogP contribution < -0.4 is 0 Å². The van der Waals surface area contributed by atoms with Crippen molar-refractivity contribution in [1.29, 1.82) is 0 Å². The zero-order valence-electron chi connectivity index (χ0n) is 15.3. The Bertz CT molecular complexity index is 468. The predicted octanol–water partition coefficient (Wildman–Crippen LogP) is 2.18. The van der Waals surface area contributed by atoms with Gasteiger partial charge < -0.3 is 14.4 Å². The van der Waals surface area contributed by atoms with Crippen LogP contribution in [0.2, 0.25) is 0 Å². The van der Waals surface area contributed by atoms with Gasteiger partial charge in [0.05, 0.1) is 18.6 Å². The lowest BCUT2D eigenvalue weighted by molar-refractivity contribution is -0.152. The molecule has 1 aliphatic rings. The summed E-state index contributed by atoms with van der Waals surface area (Å²) in [6.45, 7) is 10.3. The summed E-state index contributed by atoms with van der Waals surface area (Å²) in [5.74, 6) is -0.274. The molecule has 0 N–H and O–H groups in total. The summed E-state index contributed by atoms with van der Waals surface area (Å²) in [5.41, 5.74) is -0.791. The molecule has 6 heteroatoms. The van der Waals surface area contributed by atoms with Crippen LogP contribution in [0, 0.1) is 10.8 Å². The molecule has 0 saturated heterocycles. The van der Waals surface area contributed by atoms with Gasteiger partial charge in [0.2, 0.25) is 0 Å². The largest absolute Gasteiger partial charge is 0.468 e. The zero-order valence-corrected chi connectivity index (χ0v) is 15.3. The number of esters is 1. The first-order valence-corrected chi connectivity index (χ1v) is 7.72. The summed E-state index contributed by atoms with van der Waals surface area (Å²) in [7, 11) is 3.69. The van der Waals surface area contributed by atoms with Gasteiger partial charge in [-0.25, -0.2) is 0 Å². The highest BCUT2D eigenvalue weighted by molar-refractivity contribution is 6.08. The van der Waals surface area contributed by atoms with E-state index in [0.717, 1.165) is 0 Å². The minimum atomic E-state index is -0.832. The molecule has 0 heterocycles. The van der Waals surface area contributed by atoms with E-state index in [0.29, 0.717) is 31.7 Å². The zero-order chi connectivity index (χ0) is 18.3. The highest BCUT2D eigenvalue weighted by atomic mass is 16.5. The van der Waals surface area contributed by atoms with Crippen LogP contribution >= 0.6 is 0 Å². The molecule has 0 spiro atoms. The van der Waals surface area contributed by atoms with Crippen molar-refractivity contribution in [2.45, 2.75) is 41.0 Å². The standard InChI is InChI=1S/C14H23NO3.C3H6O2/c1-7-18-12(17)14(4)9-13(2,3)11(16)10(14)8-15(5)6;1-2-5-3-4/h8H,7,9H2,1-6H3;3H,2H2,1H3/b10-8-;. The van der Waals surface area contributed by atoms with E-state index in [1.807, 2.05) is 27.9 Å². The Morgan fingerprint density at radius 3 is 2.13 bits per heavy atom. The molecule has 6 nitrogen and oxygen atoms in total. The number of ether oxygens (including phenoxy) is 2. The fraction of sp³-hybridized carbons (Fsp3) is 0.706. The number of carbonyl (C=O) groups is 3. The lowest BCUT2D eigenvalue weighted by Crippen LogP contribution is -2.30. The molecule has 0 radical (unpaired) electrons. The topological polar surface area (TPSA) is 72.9 Å². The van der Waals surface area contributed by atoms with Crippen LogP contribution in [0.3, 0.4) is 0 Å². The predicted molar refractivity (Wildman–Crippen MR) is 87.6 cm³/mol. The summed E-state index contributed by atoms with van der Waals surface area (Å²) >= 11 is 0. The molecule has 132 valence electrons. The van der Waals surface area contributed by atoms with Crippen LogP contribution in [-0.4, -0.2) is 50.4 Å². The van der Waals surface area contributed by atoms with E-state index in [4.69, 9.17) is 4.74 Å². The molecular weight excluding hydrogens is 298 g/mol. The van der Waals surface area contributed by atoms with Gasteiger partial charge in [-0.15, -0.1) is 0 Å². The molecule has 23 heavy (non-hydrogen) atoms. The van der Waals surface area contributed by atoms with Gasteiger partial charge >= 0.3 is 5.97 Å². The quantitative estimate of drug-likeness (QED) is 0.438. The number of Topliss-reactive ketones (excluding diaryl/α,β-unsaturated/α-hetero) is 1. The number of nitrogens with zero attached hydrogens (tertiary/aromatic N) is 1. The Morgan fingerprint density at radius 2 is 1.78 bits per heavy atom. The van der Waals surface area contributed by atoms with E-state index in [2.05, 4.69) is 4.74 Å². The summed E-state index contributed by atoms with van der Waals surface area (Å²) in [5, 5.41) is 0. The van der Waals surface area contributed by atoms with Gasteiger partial charge in [-0.3, -0.25) is 14.4 Å². The van der Waals surface area contributed by atoms with E-state index in [1.54, 1.807) is 31.9 Å². The molecule has 1 fully saturated rings. The average molecular weight is 327 g/mol. The molecule has 0 aromatic carbocycles. The number of rotatable bonds is 5. The molecule has 1 rings (SSSR count). The fourth-order valence-corrected chi connectivity index (χ4v) is 2.67.